The molecule has 132 valence electrons. The number of amides is 1. The Balaban J connectivity index is 2.15. The van der Waals surface area contributed by atoms with Crippen molar-refractivity contribution in [2.75, 3.05) is 20.3 Å². The summed E-state index contributed by atoms with van der Waals surface area (Å²) in [4.78, 5) is 32.8. The molecule has 0 saturated heterocycles. The largest absolute Gasteiger partial charge is 0.490 e. The first kappa shape index (κ1) is 18.2. The summed E-state index contributed by atoms with van der Waals surface area (Å²) in [6, 6.07) is 4.63. The standard InChI is InChI=1S/C17H19N3O5/c1-3-24-15-8-12(4-5-14(15)25-11-16(21)22)17(23)20(2)10-13-9-18-6-7-19-13/h4-9H,3,10-11H2,1-2H3,(H,21,22). The van der Waals surface area contributed by atoms with Gasteiger partial charge in [-0.15, -0.1) is 0 Å². The summed E-state index contributed by atoms with van der Waals surface area (Å²) in [5.74, 6) is -0.720. The van der Waals surface area contributed by atoms with Gasteiger partial charge in [0.2, 0.25) is 0 Å². The maximum absolute atomic E-state index is 12.6. The summed E-state index contributed by atoms with van der Waals surface area (Å²) < 4.78 is 10.6. The van der Waals surface area contributed by atoms with Crippen molar-refractivity contribution < 1.29 is 24.2 Å². The summed E-state index contributed by atoms with van der Waals surface area (Å²) in [5.41, 5.74) is 1.07. The summed E-state index contributed by atoms with van der Waals surface area (Å²) in [5, 5.41) is 8.71. The van der Waals surface area contributed by atoms with E-state index < -0.39 is 12.6 Å². The van der Waals surface area contributed by atoms with Gasteiger partial charge in [0.1, 0.15) is 0 Å². The van der Waals surface area contributed by atoms with E-state index in [1.165, 1.54) is 17.0 Å². The Morgan fingerprint density at radius 2 is 2.00 bits per heavy atom. The van der Waals surface area contributed by atoms with E-state index in [0.29, 0.717) is 30.2 Å². The van der Waals surface area contributed by atoms with Crippen molar-refractivity contribution in [2.24, 2.45) is 0 Å². The monoisotopic (exact) mass is 345 g/mol. The average Bonchev–Trinajstić information content (AvgIpc) is 2.61. The van der Waals surface area contributed by atoms with Crippen LogP contribution >= 0.6 is 0 Å². The van der Waals surface area contributed by atoms with Crippen molar-refractivity contribution in [3.63, 3.8) is 0 Å². The smallest absolute Gasteiger partial charge is 0.341 e. The molecule has 0 radical (unpaired) electrons. The number of aromatic nitrogens is 2. The van der Waals surface area contributed by atoms with Crippen LogP contribution in [0.4, 0.5) is 0 Å². The van der Waals surface area contributed by atoms with E-state index in [4.69, 9.17) is 14.6 Å². The number of nitrogens with zero attached hydrogens (tertiary/aromatic N) is 3. The van der Waals surface area contributed by atoms with Gasteiger partial charge in [-0.25, -0.2) is 4.79 Å². The second-order valence-electron chi connectivity index (χ2n) is 5.13. The first-order valence-corrected chi connectivity index (χ1v) is 7.63. The third-order valence-electron chi connectivity index (χ3n) is 3.20. The first-order chi connectivity index (χ1) is 12.0. The van der Waals surface area contributed by atoms with Gasteiger partial charge in [0.15, 0.2) is 18.1 Å². The van der Waals surface area contributed by atoms with E-state index in [-0.39, 0.29) is 11.7 Å². The van der Waals surface area contributed by atoms with E-state index >= 15 is 0 Å². The summed E-state index contributed by atoms with van der Waals surface area (Å²) in [7, 11) is 1.66. The van der Waals surface area contributed by atoms with Gasteiger partial charge in [-0.3, -0.25) is 14.8 Å². The van der Waals surface area contributed by atoms with Crippen molar-refractivity contribution in [2.45, 2.75) is 13.5 Å². The average molecular weight is 345 g/mol. The highest BCUT2D eigenvalue weighted by Gasteiger charge is 2.16. The number of hydrogen-bond acceptors (Lipinski definition) is 6. The zero-order valence-corrected chi connectivity index (χ0v) is 14.0. The fourth-order valence-corrected chi connectivity index (χ4v) is 2.11. The van der Waals surface area contributed by atoms with E-state index in [2.05, 4.69) is 9.97 Å². The molecule has 2 rings (SSSR count). The Hall–Kier alpha value is -3.16. The Morgan fingerprint density at radius 1 is 1.20 bits per heavy atom. The maximum atomic E-state index is 12.6. The van der Waals surface area contributed by atoms with Gasteiger partial charge in [0, 0.05) is 25.0 Å². The molecule has 1 aromatic carbocycles. The molecule has 0 fully saturated rings. The second kappa shape index (κ2) is 8.62. The summed E-state index contributed by atoms with van der Waals surface area (Å²) >= 11 is 0. The van der Waals surface area contributed by atoms with Crippen molar-refractivity contribution in [3.8, 4) is 11.5 Å². The number of hydrogen-bond donors (Lipinski definition) is 1. The van der Waals surface area contributed by atoms with Crippen LogP contribution in [0.1, 0.15) is 23.0 Å². The summed E-state index contributed by atoms with van der Waals surface area (Å²) in [6.07, 6.45) is 4.73. The fraction of sp³-hybridized carbons (Fsp3) is 0.294. The van der Waals surface area contributed by atoms with Gasteiger partial charge in [0.25, 0.3) is 5.91 Å². The number of carbonyl (C=O) groups is 2. The molecule has 1 heterocycles. The van der Waals surface area contributed by atoms with Gasteiger partial charge in [0.05, 0.1) is 25.0 Å². The molecule has 0 spiro atoms. The minimum atomic E-state index is -1.09. The molecule has 1 amide bonds. The van der Waals surface area contributed by atoms with Crippen molar-refractivity contribution in [1.82, 2.24) is 14.9 Å². The Morgan fingerprint density at radius 3 is 2.64 bits per heavy atom. The summed E-state index contributed by atoms with van der Waals surface area (Å²) in [6.45, 7) is 1.97. The number of benzene rings is 1. The fourth-order valence-electron chi connectivity index (χ4n) is 2.11. The lowest BCUT2D eigenvalue weighted by atomic mass is 10.1. The molecule has 0 bridgehead atoms. The quantitative estimate of drug-likeness (QED) is 0.775. The molecule has 1 N–H and O–H groups in total. The molecular weight excluding hydrogens is 326 g/mol. The molecule has 0 aliphatic carbocycles. The third-order valence-corrected chi connectivity index (χ3v) is 3.20. The van der Waals surface area contributed by atoms with Crippen LogP contribution in [-0.2, 0) is 11.3 Å². The first-order valence-electron chi connectivity index (χ1n) is 7.63. The highest BCUT2D eigenvalue weighted by atomic mass is 16.5. The molecule has 25 heavy (non-hydrogen) atoms. The SMILES string of the molecule is CCOc1cc(C(=O)N(C)Cc2cnccn2)ccc1OCC(=O)O. The lowest BCUT2D eigenvalue weighted by Crippen LogP contribution is -2.26. The van der Waals surface area contributed by atoms with E-state index in [1.807, 2.05) is 0 Å². The molecular formula is C17H19N3O5. The van der Waals surface area contributed by atoms with Crippen LogP contribution in [0.25, 0.3) is 0 Å². The lowest BCUT2D eigenvalue weighted by molar-refractivity contribution is -0.139. The number of ether oxygens (including phenoxy) is 2. The van der Waals surface area contributed by atoms with Gasteiger partial charge in [-0.2, -0.15) is 0 Å². The second-order valence-corrected chi connectivity index (χ2v) is 5.13. The van der Waals surface area contributed by atoms with Crippen molar-refractivity contribution in [1.29, 1.82) is 0 Å². The normalized spacial score (nSPS) is 10.2. The van der Waals surface area contributed by atoms with Gasteiger partial charge in [-0.1, -0.05) is 0 Å². The highest BCUT2D eigenvalue weighted by Crippen LogP contribution is 2.29. The predicted octanol–water partition coefficient (Wildman–Crippen LogP) is 1.61. The molecule has 0 atom stereocenters. The zero-order valence-electron chi connectivity index (χ0n) is 14.0. The van der Waals surface area contributed by atoms with Crippen LogP contribution in [0.3, 0.4) is 0 Å². The van der Waals surface area contributed by atoms with Crippen LogP contribution in [0.5, 0.6) is 11.5 Å². The zero-order chi connectivity index (χ0) is 18.2. The van der Waals surface area contributed by atoms with Gasteiger partial charge >= 0.3 is 5.97 Å². The van der Waals surface area contributed by atoms with Gasteiger partial charge < -0.3 is 19.5 Å². The van der Waals surface area contributed by atoms with Crippen LogP contribution < -0.4 is 9.47 Å². The van der Waals surface area contributed by atoms with Crippen LogP contribution in [0.2, 0.25) is 0 Å². The van der Waals surface area contributed by atoms with Crippen LogP contribution in [-0.4, -0.2) is 52.1 Å². The van der Waals surface area contributed by atoms with Crippen molar-refractivity contribution in [3.05, 3.63) is 48.0 Å². The number of aliphatic carboxylic acids is 1. The minimum absolute atomic E-state index is 0.226. The number of carboxylic acids is 1. The van der Waals surface area contributed by atoms with Crippen LogP contribution in [0.15, 0.2) is 36.8 Å². The van der Waals surface area contributed by atoms with Crippen molar-refractivity contribution >= 4 is 11.9 Å². The lowest BCUT2D eigenvalue weighted by Gasteiger charge is -2.18. The highest BCUT2D eigenvalue weighted by molar-refractivity contribution is 5.94. The molecule has 0 aliphatic rings. The molecule has 0 saturated carbocycles. The Bertz CT molecular complexity index is 736. The predicted molar refractivity (Wildman–Crippen MR) is 88.6 cm³/mol. The molecule has 1 aromatic heterocycles. The van der Waals surface area contributed by atoms with E-state index in [0.717, 1.165) is 0 Å². The van der Waals surface area contributed by atoms with E-state index in [1.54, 1.807) is 38.6 Å². The third kappa shape index (κ3) is 5.17. The Kier molecular flexibility index (Phi) is 6.27. The molecule has 8 nitrogen and oxygen atoms in total. The maximum Gasteiger partial charge on any atom is 0.341 e. The number of rotatable bonds is 8. The van der Waals surface area contributed by atoms with E-state index in [9.17, 15) is 9.59 Å². The number of carbonyl (C=O) groups excluding carboxylic acids is 1. The molecule has 2 aromatic rings. The Labute approximate surface area is 145 Å². The number of carboxylic acid groups (broad SMARTS) is 1. The van der Waals surface area contributed by atoms with Gasteiger partial charge in [-0.05, 0) is 25.1 Å². The van der Waals surface area contributed by atoms with Crippen LogP contribution in [0, 0.1) is 0 Å². The molecule has 8 heteroatoms. The molecule has 0 aliphatic heterocycles. The topological polar surface area (TPSA) is 102 Å². The minimum Gasteiger partial charge on any atom is -0.490 e. The molecule has 0 unspecified atom stereocenters.